The third-order valence-corrected chi connectivity index (χ3v) is 3.21. The summed E-state index contributed by atoms with van der Waals surface area (Å²) in [4.78, 5) is 4.55. The van der Waals surface area contributed by atoms with E-state index in [1.165, 1.54) is 6.42 Å². The minimum atomic E-state index is 0. The van der Waals surface area contributed by atoms with Crippen molar-refractivity contribution < 1.29 is 0 Å². The van der Waals surface area contributed by atoms with Gasteiger partial charge in [-0.15, -0.1) is 24.8 Å². The van der Waals surface area contributed by atoms with Crippen molar-refractivity contribution in [1.82, 2.24) is 20.5 Å². The molecule has 1 aromatic heterocycles. The SMILES string of the molecule is Cl.Cl.c1ccc(-c2n[nH]c(CC3CCNC3)n2)cc1. The van der Waals surface area contributed by atoms with E-state index in [0.29, 0.717) is 5.92 Å². The van der Waals surface area contributed by atoms with Crippen molar-refractivity contribution in [3.63, 3.8) is 0 Å². The number of hydrogen-bond acceptors (Lipinski definition) is 3. The number of benzene rings is 1. The molecule has 3 rings (SSSR count). The first-order valence-electron chi connectivity index (χ1n) is 6.09. The normalized spacial score (nSPS) is 17.6. The monoisotopic (exact) mass is 300 g/mol. The van der Waals surface area contributed by atoms with Crippen LogP contribution in [-0.4, -0.2) is 28.3 Å². The Bertz CT molecular complexity index is 480. The molecule has 1 unspecified atom stereocenters. The maximum absolute atomic E-state index is 4.55. The minimum Gasteiger partial charge on any atom is -0.316 e. The lowest BCUT2D eigenvalue weighted by molar-refractivity contribution is 0.563. The van der Waals surface area contributed by atoms with E-state index >= 15 is 0 Å². The van der Waals surface area contributed by atoms with E-state index in [2.05, 4.69) is 20.5 Å². The summed E-state index contributed by atoms with van der Waals surface area (Å²) in [6.07, 6.45) is 2.23. The zero-order chi connectivity index (χ0) is 11.5. The van der Waals surface area contributed by atoms with Crippen LogP contribution in [0.3, 0.4) is 0 Å². The Balaban J connectivity index is 0.000000902. The molecule has 104 valence electrons. The van der Waals surface area contributed by atoms with Crippen molar-refractivity contribution in [1.29, 1.82) is 0 Å². The summed E-state index contributed by atoms with van der Waals surface area (Å²) >= 11 is 0. The first-order chi connectivity index (χ1) is 8.42. The molecule has 19 heavy (non-hydrogen) atoms. The van der Waals surface area contributed by atoms with E-state index in [1.807, 2.05) is 30.3 Å². The second-order valence-electron chi connectivity index (χ2n) is 4.53. The molecule has 1 aliphatic rings. The van der Waals surface area contributed by atoms with E-state index in [0.717, 1.165) is 36.7 Å². The maximum atomic E-state index is 4.55. The molecule has 0 amide bonds. The number of aromatic nitrogens is 3. The van der Waals surface area contributed by atoms with Gasteiger partial charge < -0.3 is 5.32 Å². The number of hydrogen-bond donors (Lipinski definition) is 2. The average Bonchev–Trinajstić information content (AvgIpc) is 3.02. The lowest BCUT2D eigenvalue weighted by Crippen LogP contribution is -2.11. The molecule has 1 atom stereocenters. The first kappa shape index (κ1) is 16.0. The standard InChI is InChI=1S/C13H16N4.2ClH/c1-2-4-11(5-3-1)13-15-12(16-17-13)8-10-6-7-14-9-10;;/h1-5,10,14H,6-9H2,(H,15,16,17);2*1H. The van der Waals surface area contributed by atoms with E-state index in [1.54, 1.807) is 0 Å². The van der Waals surface area contributed by atoms with E-state index in [4.69, 9.17) is 0 Å². The van der Waals surface area contributed by atoms with Gasteiger partial charge in [0.2, 0.25) is 0 Å². The van der Waals surface area contributed by atoms with E-state index in [9.17, 15) is 0 Å². The van der Waals surface area contributed by atoms with Gasteiger partial charge in [0.1, 0.15) is 5.82 Å². The average molecular weight is 301 g/mol. The van der Waals surface area contributed by atoms with Crippen LogP contribution in [0.25, 0.3) is 11.4 Å². The predicted molar refractivity (Wildman–Crippen MR) is 81.0 cm³/mol. The summed E-state index contributed by atoms with van der Waals surface area (Å²) in [7, 11) is 0. The molecule has 2 heterocycles. The molecule has 1 aromatic carbocycles. The Labute approximate surface area is 125 Å². The summed E-state index contributed by atoms with van der Waals surface area (Å²) < 4.78 is 0. The van der Waals surface area contributed by atoms with Gasteiger partial charge in [0.25, 0.3) is 0 Å². The molecule has 1 fully saturated rings. The highest BCUT2D eigenvalue weighted by Crippen LogP contribution is 2.16. The fraction of sp³-hybridized carbons (Fsp3) is 0.385. The molecule has 0 saturated carbocycles. The molecule has 0 bridgehead atoms. The van der Waals surface area contributed by atoms with Gasteiger partial charge in [-0.3, -0.25) is 5.10 Å². The van der Waals surface area contributed by atoms with Gasteiger partial charge in [-0.05, 0) is 25.4 Å². The van der Waals surface area contributed by atoms with Crippen molar-refractivity contribution >= 4 is 24.8 Å². The topological polar surface area (TPSA) is 53.6 Å². The van der Waals surface area contributed by atoms with Crippen molar-refractivity contribution in [3.8, 4) is 11.4 Å². The Hall–Kier alpha value is -1.10. The third-order valence-electron chi connectivity index (χ3n) is 3.21. The number of nitrogens with zero attached hydrogens (tertiary/aromatic N) is 2. The summed E-state index contributed by atoms with van der Waals surface area (Å²) in [5, 5.41) is 10.7. The molecular weight excluding hydrogens is 283 g/mol. The summed E-state index contributed by atoms with van der Waals surface area (Å²) in [6.45, 7) is 2.23. The largest absolute Gasteiger partial charge is 0.316 e. The number of aromatic amines is 1. The summed E-state index contributed by atoms with van der Waals surface area (Å²) in [5.74, 6) is 2.50. The molecule has 1 aliphatic heterocycles. The van der Waals surface area contributed by atoms with E-state index in [-0.39, 0.29) is 24.8 Å². The van der Waals surface area contributed by atoms with Crippen LogP contribution in [0.1, 0.15) is 12.2 Å². The molecular formula is C13H18Cl2N4. The highest BCUT2D eigenvalue weighted by molar-refractivity contribution is 5.85. The van der Waals surface area contributed by atoms with Gasteiger partial charge in [0.15, 0.2) is 5.82 Å². The van der Waals surface area contributed by atoms with Crippen LogP contribution in [-0.2, 0) is 6.42 Å². The number of H-pyrrole nitrogens is 1. The van der Waals surface area contributed by atoms with Gasteiger partial charge in [0.05, 0.1) is 0 Å². The molecule has 0 aliphatic carbocycles. The highest BCUT2D eigenvalue weighted by Gasteiger charge is 2.17. The first-order valence-corrected chi connectivity index (χ1v) is 6.09. The van der Waals surface area contributed by atoms with Gasteiger partial charge in [-0.25, -0.2) is 4.98 Å². The van der Waals surface area contributed by atoms with E-state index < -0.39 is 0 Å². The Morgan fingerprint density at radius 2 is 1.95 bits per heavy atom. The third kappa shape index (κ3) is 3.93. The lowest BCUT2D eigenvalue weighted by Gasteiger charge is -2.03. The van der Waals surface area contributed by atoms with Crippen molar-refractivity contribution in [2.45, 2.75) is 12.8 Å². The molecule has 0 radical (unpaired) electrons. The van der Waals surface area contributed by atoms with Crippen molar-refractivity contribution in [3.05, 3.63) is 36.2 Å². The summed E-state index contributed by atoms with van der Waals surface area (Å²) in [5.41, 5.74) is 1.07. The summed E-state index contributed by atoms with van der Waals surface area (Å²) in [6, 6.07) is 10.1. The van der Waals surface area contributed by atoms with Crippen LogP contribution >= 0.6 is 24.8 Å². The molecule has 4 nitrogen and oxygen atoms in total. The van der Waals surface area contributed by atoms with Crippen LogP contribution < -0.4 is 5.32 Å². The second-order valence-corrected chi connectivity index (χ2v) is 4.53. The van der Waals surface area contributed by atoms with Crippen LogP contribution in [0.4, 0.5) is 0 Å². The van der Waals surface area contributed by atoms with Gasteiger partial charge in [-0.2, -0.15) is 5.10 Å². The lowest BCUT2D eigenvalue weighted by atomic mass is 10.1. The number of rotatable bonds is 3. The highest BCUT2D eigenvalue weighted by atomic mass is 35.5. The van der Waals surface area contributed by atoms with Crippen LogP contribution in [0.15, 0.2) is 30.3 Å². The maximum Gasteiger partial charge on any atom is 0.181 e. The van der Waals surface area contributed by atoms with Crippen LogP contribution in [0.5, 0.6) is 0 Å². The quantitative estimate of drug-likeness (QED) is 0.915. The fourth-order valence-corrected chi connectivity index (χ4v) is 2.27. The molecule has 0 spiro atoms. The molecule has 1 saturated heterocycles. The molecule has 6 heteroatoms. The Kier molecular flexibility index (Phi) is 6.28. The Morgan fingerprint density at radius 3 is 2.63 bits per heavy atom. The van der Waals surface area contributed by atoms with Crippen LogP contribution in [0.2, 0.25) is 0 Å². The number of nitrogens with one attached hydrogen (secondary N) is 2. The van der Waals surface area contributed by atoms with Crippen LogP contribution in [0, 0.1) is 5.92 Å². The van der Waals surface area contributed by atoms with Gasteiger partial charge in [-0.1, -0.05) is 30.3 Å². The predicted octanol–water partition coefficient (Wildman–Crippen LogP) is 2.47. The van der Waals surface area contributed by atoms with Gasteiger partial charge >= 0.3 is 0 Å². The number of halogens is 2. The zero-order valence-electron chi connectivity index (χ0n) is 10.5. The second kappa shape index (κ2) is 7.48. The molecule has 2 N–H and O–H groups in total. The van der Waals surface area contributed by atoms with Crippen molar-refractivity contribution in [2.75, 3.05) is 13.1 Å². The smallest absolute Gasteiger partial charge is 0.181 e. The molecule has 2 aromatic rings. The van der Waals surface area contributed by atoms with Gasteiger partial charge in [0, 0.05) is 12.0 Å². The Morgan fingerprint density at radius 1 is 1.16 bits per heavy atom. The fourth-order valence-electron chi connectivity index (χ4n) is 2.27. The minimum absolute atomic E-state index is 0. The van der Waals surface area contributed by atoms with Crippen molar-refractivity contribution in [2.24, 2.45) is 5.92 Å². The zero-order valence-corrected chi connectivity index (χ0v) is 12.1.